The van der Waals surface area contributed by atoms with Crippen LogP contribution in [0.4, 0.5) is 5.69 Å². The summed E-state index contributed by atoms with van der Waals surface area (Å²) in [5, 5.41) is 5.50. The van der Waals surface area contributed by atoms with E-state index in [4.69, 9.17) is 0 Å². The third-order valence-corrected chi connectivity index (χ3v) is 8.93. The van der Waals surface area contributed by atoms with Gasteiger partial charge in [0.05, 0.1) is 5.75 Å². The second kappa shape index (κ2) is 8.61. The van der Waals surface area contributed by atoms with Crippen molar-refractivity contribution in [2.24, 2.45) is 5.92 Å². The highest BCUT2D eigenvalue weighted by atomic mass is 79.9. The number of piperidine rings is 1. The van der Waals surface area contributed by atoms with Crippen LogP contribution in [0.1, 0.15) is 29.5 Å². The molecular formula is C25H25BrN2O3S. The van der Waals surface area contributed by atoms with Crippen LogP contribution < -0.4 is 5.32 Å². The number of hydrogen-bond donors (Lipinski definition) is 1. The number of anilines is 1. The van der Waals surface area contributed by atoms with Gasteiger partial charge in [0.15, 0.2) is 0 Å². The first-order chi connectivity index (χ1) is 15.4. The van der Waals surface area contributed by atoms with Gasteiger partial charge in [-0.3, -0.25) is 4.79 Å². The van der Waals surface area contributed by atoms with Gasteiger partial charge in [0, 0.05) is 34.6 Å². The normalized spacial score (nSPS) is 17.0. The highest BCUT2D eigenvalue weighted by molar-refractivity contribution is 9.10. The maximum Gasteiger partial charge on any atom is 0.227 e. The van der Waals surface area contributed by atoms with Crippen molar-refractivity contribution < 1.29 is 13.2 Å². The Labute approximate surface area is 197 Å². The molecule has 166 valence electrons. The van der Waals surface area contributed by atoms with E-state index in [1.165, 1.54) is 20.8 Å². The monoisotopic (exact) mass is 512 g/mol. The van der Waals surface area contributed by atoms with E-state index < -0.39 is 10.0 Å². The smallest absolute Gasteiger partial charge is 0.227 e. The molecule has 3 aromatic rings. The highest BCUT2D eigenvalue weighted by Crippen LogP contribution is 2.35. The quantitative estimate of drug-likeness (QED) is 0.529. The average molecular weight is 513 g/mol. The van der Waals surface area contributed by atoms with Gasteiger partial charge in [-0.2, -0.15) is 0 Å². The molecule has 0 bridgehead atoms. The van der Waals surface area contributed by atoms with Gasteiger partial charge >= 0.3 is 0 Å². The second-order valence-corrected chi connectivity index (χ2v) is 11.5. The van der Waals surface area contributed by atoms with Gasteiger partial charge in [-0.1, -0.05) is 52.3 Å². The molecule has 1 amide bonds. The summed E-state index contributed by atoms with van der Waals surface area (Å²) >= 11 is 3.39. The number of benzene rings is 3. The Kier molecular flexibility index (Phi) is 5.82. The molecule has 1 aliphatic heterocycles. The first-order valence-corrected chi connectivity index (χ1v) is 13.4. The van der Waals surface area contributed by atoms with Gasteiger partial charge in [-0.15, -0.1) is 0 Å². The van der Waals surface area contributed by atoms with Crippen molar-refractivity contribution in [3.05, 3.63) is 75.8 Å². The lowest BCUT2D eigenvalue weighted by Crippen LogP contribution is -2.41. The molecule has 1 N–H and O–H groups in total. The summed E-state index contributed by atoms with van der Waals surface area (Å²) in [6.07, 6.45) is 3.17. The SMILES string of the molecule is O=C(Nc1ccc2c3c(cccc13)CC2)C1CCN(S(=O)(=O)Cc2cccc(Br)c2)CC1. The van der Waals surface area contributed by atoms with Crippen LogP contribution in [0.15, 0.2) is 59.1 Å². The average Bonchev–Trinajstić information content (AvgIpc) is 3.20. The number of carbonyl (C=O) groups excluding carboxylic acids is 1. The minimum absolute atomic E-state index is 0.0206. The summed E-state index contributed by atoms with van der Waals surface area (Å²) in [6.45, 7) is 0.747. The van der Waals surface area contributed by atoms with E-state index in [9.17, 15) is 13.2 Å². The van der Waals surface area contributed by atoms with Crippen LogP contribution in [0.5, 0.6) is 0 Å². The number of halogens is 1. The number of sulfonamides is 1. The summed E-state index contributed by atoms with van der Waals surface area (Å²) < 4.78 is 28.1. The van der Waals surface area contributed by atoms with Crippen LogP contribution in [0, 0.1) is 5.92 Å². The van der Waals surface area contributed by atoms with E-state index >= 15 is 0 Å². The van der Waals surface area contributed by atoms with Gasteiger partial charge in [0.25, 0.3) is 0 Å². The molecule has 0 aromatic heterocycles. The van der Waals surface area contributed by atoms with Crippen molar-refractivity contribution in [1.82, 2.24) is 4.31 Å². The Hall–Kier alpha value is -2.22. The Morgan fingerprint density at radius 2 is 1.72 bits per heavy atom. The predicted molar refractivity (Wildman–Crippen MR) is 131 cm³/mol. The van der Waals surface area contributed by atoms with Gasteiger partial charge in [0.2, 0.25) is 15.9 Å². The molecule has 5 rings (SSSR count). The van der Waals surface area contributed by atoms with Crippen LogP contribution >= 0.6 is 15.9 Å². The third kappa shape index (κ3) is 4.21. The summed E-state index contributed by atoms with van der Waals surface area (Å²) in [5.41, 5.74) is 4.30. The Balaban J connectivity index is 1.24. The zero-order valence-electron chi connectivity index (χ0n) is 17.7. The molecule has 0 radical (unpaired) electrons. The number of nitrogens with one attached hydrogen (secondary N) is 1. The van der Waals surface area contributed by atoms with E-state index in [-0.39, 0.29) is 17.6 Å². The number of hydrogen-bond acceptors (Lipinski definition) is 3. The van der Waals surface area contributed by atoms with Crippen LogP contribution in [-0.4, -0.2) is 31.7 Å². The van der Waals surface area contributed by atoms with Crippen LogP contribution in [-0.2, 0) is 33.4 Å². The molecule has 0 unspecified atom stereocenters. The molecule has 1 aliphatic carbocycles. The largest absolute Gasteiger partial charge is 0.325 e. The lowest BCUT2D eigenvalue weighted by atomic mass is 9.96. The standard InChI is InChI=1S/C25H25BrN2O3S/c26-21-5-1-3-17(15-21)16-32(30,31)28-13-11-20(12-14-28)25(29)27-23-10-9-19-8-7-18-4-2-6-22(23)24(18)19/h1-6,9-10,15,20H,7-8,11-14,16H2,(H,27,29). The number of amides is 1. The fraction of sp³-hybridized carbons (Fsp3) is 0.320. The highest BCUT2D eigenvalue weighted by Gasteiger charge is 2.31. The summed E-state index contributed by atoms with van der Waals surface area (Å²) in [6, 6.07) is 17.8. The first kappa shape index (κ1) is 21.6. The summed E-state index contributed by atoms with van der Waals surface area (Å²) in [5.74, 6) is -0.229. The minimum Gasteiger partial charge on any atom is -0.325 e. The molecule has 2 aliphatic rings. The van der Waals surface area contributed by atoms with E-state index in [1.54, 1.807) is 0 Å². The zero-order valence-corrected chi connectivity index (χ0v) is 20.1. The number of aryl methyl sites for hydroxylation is 2. The molecule has 1 heterocycles. The molecule has 1 saturated heterocycles. The van der Waals surface area contributed by atoms with E-state index in [1.807, 2.05) is 30.3 Å². The maximum absolute atomic E-state index is 13.0. The van der Waals surface area contributed by atoms with Gasteiger partial charge in [-0.05, 0) is 66.0 Å². The van der Waals surface area contributed by atoms with Crippen molar-refractivity contribution in [1.29, 1.82) is 0 Å². The third-order valence-electron chi connectivity index (χ3n) is 6.59. The number of carbonyl (C=O) groups is 1. The molecule has 7 heteroatoms. The van der Waals surface area contributed by atoms with Crippen molar-refractivity contribution >= 4 is 48.3 Å². The molecule has 0 spiro atoms. The molecule has 5 nitrogen and oxygen atoms in total. The van der Waals surface area contributed by atoms with Crippen LogP contribution in [0.25, 0.3) is 10.8 Å². The van der Waals surface area contributed by atoms with E-state index in [0.29, 0.717) is 25.9 Å². The van der Waals surface area contributed by atoms with Crippen molar-refractivity contribution in [2.45, 2.75) is 31.4 Å². The molecule has 0 saturated carbocycles. The van der Waals surface area contributed by atoms with E-state index in [2.05, 4.69) is 45.5 Å². The Morgan fingerprint density at radius 3 is 2.47 bits per heavy atom. The fourth-order valence-electron chi connectivity index (χ4n) is 4.92. The minimum atomic E-state index is -3.41. The fourth-order valence-corrected chi connectivity index (χ4v) is 6.91. The van der Waals surface area contributed by atoms with Gasteiger partial charge in [0.1, 0.15) is 0 Å². The van der Waals surface area contributed by atoms with Crippen molar-refractivity contribution in [3.8, 4) is 0 Å². The predicted octanol–water partition coefficient (Wildman–Crippen LogP) is 4.88. The molecule has 32 heavy (non-hydrogen) atoms. The van der Waals surface area contributed by atoms with Crippen LogP contribution in [0.3, 0.4) is 0 Å². The lowest BCUT2D eigenvalue weighted by Gasteiger charge is -2.30. The van der Waals surface area contributed by atoms with Crippen molar-refractivity contribution in [2.75, 3.05) is 18.4 Å². The molecule has 1 fully saturated rings. The number of rotatable bonds is 5. The topological polar surface area (TPSA) is 66.5 Å². The van der Waals surface area contributed by atoms with E-state index in [0.717, 1.165) is 34.0 Å². The Bertz CT molecular complexity index is 1290. The summed E-state index contributed by atoms with van der Waals surface area (Å²) in [7, 11) is -3.41. The second-order valence-electron chi connectivity index (χ2n) is 8.66. The first-order valence-electron chi connectivity index (χ1n) is 11.0. The maximum atomic E-state index is 13.0. The zero-order chi connectivity index (χ0) is 22.3. The number of nitrogens with zero attached hydrogens (tertiary/aromatic N) is 1. The van der Waals surface area contributed by atoms with Crippen molar-refractivity contribution in [3.63, 3.8) is 0 Å². The molecule has 3 aromatic carbocycles. The van der Waals surface area contributed by atoms with Crippen LogP contribution in [0.2, 0.25) is 0 Å². The molecular weight excluding hydrogens is 488 g/mol. The Morgan fingerprint density at radius 1 is 1.00 bits per heavy atom. The summed E-state index contributed by atoms with van der Waals surface area (Å²) in [4.78, 5) is 13.0. The van der Waals surface area contributed by atoms with Gasteiger partial charge in [-0.25, -0.2) is 12.7 Å². The molecule has 0 atom stereocenters. The van der Waals surface area contributed by atoms with Gasteiger partial charge < -0.3 is 5.32 Å². The lowest BCUT2D eigenvalue weighted by molar-refractivity contribution is -0.120.